The first-order chi connectivity index (χ1) is 8.06. The van der Waals surface area contributed by atoms with Crippen LogP contribution in [0.25, 0.3) is 11.0 Å². The lowest BCUT2D eigenvalue weighted by molar-refractivity contribution is 0.736. The molecule has 0 saturated heterocycles. The topological polar surface area (TPSA) is 133 Å². The number of nitrogens with zero attached hydrogens (tertiary/aromatic N) is 5. The second-order valence-corrected chi connectivity index (χ2v) is 3.39. The van der Waals surface area contributed by atoms with Gasteiger partial charge in [0.15, 0.2) is 5.96 Å². The summed E-state index contributed by atoms with van der Waals surface area (Å²) < 4.78 is 1.67. The number of benzene rings is 1. The molecule has 6 N–H and O–H groups in total. The molecular weight excluding hydrogens is 220 g/mol. The number of hydrogen-bond donors (Lipinski definition) is 3. The fourth-order valence-electron chi connectivity index (χ4n) is 1.39. The molecule has 0 amide bonds. The molecule has 0 aliphatic carbocycles. The molecule has 88 valence electrons. The van der Waals surface area contributed by atoms with Gasteiger partial charge in [-0.1, -0.05) is 5.21 Å². The van der Waals surface area contributed by atoms with Crippen LogP contribution in [0.1, 0.15) is 0 Å². The highest BCUT2D eigenvalue weighted by atomic mass is 15.4. The van der Waals surface area contributed by atoms with E-state index in [1.54, 1.807) is 16.8 Å². The van der Waals surface area contributed by atoms with Gasteiger partial charge in [0.05, 0.1) is 11.2 Å². The normalized spacial score (nSPS) is 11.7. The number of aliphatic imine (C=N–C) groups is 2. The molecule has 0 atom stereocenters. The van der Waals surface area contributed by atoms with E-state index in [1.807, 2.05) is 13.1 Å². The number of nitrogens with two attached hydrogens (primary N) is 3. The predicted octanol–water partition coefficient (Wildman–Crippen LogP) is -0.812. The zero-order valence-electron chi connectivity index (χ0n) is 9.20. The first-order valence-corrected chi connectivity index (χ1v) is 4.79. The molecule has 0 fully saturated rings. The largest absolute Gasteiger partial charge is 0.370 e. The molecular formula is C9H12N8. The van der Waals surface area contributed by atoms with E-state index < -0.39 is 0 Å². The summed E-state index contributed by atoms with van der Waals surface area (Å²) in [7, 11) is 1.81. The number of aromatic nitrogens is 3. The zero-order chi connectivity index (χ0) is 12.4. The molecule has 8 nitrogen and oxygen atoms in total. The van der Waals surface area contributed by atoms with Crippen LogP contribution in [0, 0.1) is 0 Å². The van der Waals surface area contributed by atoms with Crippen LogP contribution in [-0.2, 0) is 7.05 Å². The fourth-order valence-corrected chi connectivity index (χ4v) is 1.39. The van der Waals surface area contributed by atoms with Crippen LogP contribution in [-0.4, -0.2) is 26.9 Å². The van der Waals surface area contributed by atoms with Crippen molar-refractivity contribution in [2.24, 2.45) is 34.2 Å². The number of fused-ring (bicyclic) bond motifs is 1. The summed E-state index contributed by atoms with van der Waals surface area (Å²) >= 11 is 0. The summed E-state index contributed by atoms with van der Waals surface area (Å²) in [6.07, 6.45) is 0. The van der Waals surface area contributed by atoms with Gasteiger partial charge in [0, 0.05) is 7.05 Å². The predicted molar refractivity (Wildman–Crippen MR) is 65.6 cm³/mol. The van der Waals surface area contributed by atoms with Gasteiger partial charge in [-0.05, 0) is 18.2 Å². The van der Waals surface area contributed by atoms with Gasteiger partial charge in [0.1, 0.15) is 5.52 Å². The first kappa shape index (κ1) is 10.9. The van der Waals surface area contributed by atoms with Crippen LogP contribution < -0.4 is 17.2 Å². The van der Waals surface area contributed by atoms with Crippen LogP contribution in [0.4, 0.5) is 5.69 Å². The van der Waals surface area contributed by atoms with Gasteiger partial charge >= 0.3 is 0 Å². The molecule has 1 heterocycles. The third-order valence-corrected chi connectivity index (χ3v) is 2.08. The van der Waals surface area contributed by atoms with E-state index in [9.17, 15) is 0 Å². The summed E-state index contributed by atoms with van der Waals surface area (Å²) in [6, 6.07) is 5.37. The summed E-state index contributed by atoms with van der Waals surface area (Å²) in [5.74, 6) is -0.139. The molecule has 0 saturated carbocycles. The molecule has 0 unspecified atom stereocenters. The van der Waals surface area contributed by atoms with E-state index in [-0.39, 0.29) is 11.9 Å². The molecule has 0 aliphatic heterocycles. The number of hydrogen-bond acceptors (Lipinski definition) is 3. The summed E-state index contributed by atoms with van der Waals surface area (Å²) in [6.45, 7) is 0. The maximum Gasteiger partial charge on any atom is 0.223 e. The lowest BCUT2D eigenvalue weighted by atomic mass is 10.3. The van der Waals surface area contributed by atoms with Crippen molar-refractivity contribution in [3.8, 4) is 0 Å². The highest BCUT2D eigenvalue weighted by Gasteiger charge is 2.02. The Bertz CT molecular complexity index is 604. The van der Waals surface area contributed by atoms with Gasteiger partial charge in [-0.15, -0.1) is 5.10 Å². The van der Waals surface area contributed by atoms with Gasteiger partial charge in [0.2, 0.25) is 5.96 Å². The summed E-state index contributed by atoms with van der Waals surface area (Å²) in [5.41, 5.74) is 18.1. The molecule has 0 spiro atoms. The van der Waals surface area contributed by atoms with Gasteiger partial charge in [-0.25, -0.2) is 9.67 Å². The third-order valence-electron chi connectivity index (χ3n) is 2.08. The minimum Gasteiger partial charge on any atom is -0.370 e. The Kier molecular flexibility index (Phi) is 2.61. The van der Waals surface area contributed by atoms with Crippen molar-refractivity contribution in [3.05, 3.63) is 18.2 Å². The van der Waals surface area contributed by atoms with E-state index in [2.05, 4.69) is 20.3 Å². The molecule has 1 aromatic carbocycles. The van der Waals surface area contributed by atoms with Crippen molar-refractivity contribution in [1.82, 2.24) is 15.0 Å². The Morgan fingerprint density at radius 1 is 1.29 bits per heavy atom. The monoisotopic (exact) mass is 232 g/mol. The molecule has 2 aromatic rings. The van der Waals surface area contributed by atoms with E-state index >= 15 is 0 Å². The van der Waals surface area contributed by atoms with Gasteiger partial charge in [-0.2, -0.15) is 4.99 Å². The quantitative estimate of drug-likeness (QED) is 0.436. The Morgan fingerprint density at radius 2 is 2.06 bits per heavy atom. The van der Waals surface area contributed by atoms with Crippen molar-refractivity contribution in [2.45, 2.75) is 0 Å². The molecule has 1 aromatic heterocycles. The molecule has 8 heteroatoms. The Morgan fingerprint density at radius 3 is 2.76 bits per heavy atom. The molecule has 0 bridgehead atoms. The minimum atomic E-state index is -0.133. The van der Waals surface area contributed by atoms with E-state index in [1.165, 1.54) is 0 Å². The highest BCUT2D eigenvalue weighted by molar-refractivity contribution is 5.94. The number of rotatable bonds is 1. The second kappa shape index (κ2) is 4.08. The van der Waals surface area contributed by atoms with E-state index in [0.717, 1.165) is 11.0 Å². The molecule has 0 aliphatic rings. The van der Waals surface area contributed by atoms with Crippen LogP contribution >= 0.6 is 0 Å². The zero-order valence-corrected chi connectivity index (χ0v) is 9.20. The SMILES string of the molecule is Cn1nnc2cc(N=C(N)N=C(N)N)ccc21. The number of aryl methyl sites for hydroxylation is 1. The third kappa shape index (κ3) is 2.30. The maximum atomic E-state index is 5.52. The lowest BCUT2D eigenvalue weighted by Crippen LogP contribution is -2.26. The Hall–Kier alpha value is -2.64. The average molecular weight is 232 g/mol. The van der Waals surface area contributed by atoms with E-state index in [0.29, 0.717) is 5.69 Å². The summed E-state index contributed by atoms with van der Waals surface area (Å²) in [5, 5.41) is 7.85. The second-order valence-electron chi connectivity index (χ2n) is 3.39. The van der Waals surface area contributed by atoms with Crippen LogP contribution in [0.15, 0.2) is 28.2 Å². The van der Waals surface area contributed by atoms with Crippen molar-refractivity contribution in [2.75, 3.05) is 0 Å². The van der Waals surface area contributed by atoms with Crippen LogP contribution in [0.3, 0.4) is 0 Å². The van der Waals surface area contributed by atoms with Gasteiger partial charge in [0.25, 0.3) is 0 Å². The van der Waals surface area contributed by atoms with Crippen molar-refractivity contribution < 1.29 is 0 Å². The van der Waals surface area contributed by atoms with Crippen molar-refractivity contribution in [1.29, 1.82) is 0 Å². The molecule has 2 rings (SSSR count). The van der Waals surface area contributed by atoms with Crippen molar-refractivity contribution in [3.63, 3.8) is 0 Å². The smallest absolute Gasteiger partial charge is 0.223 e. The lowest BCUT2D eigenvalue weighted by Gasteiger charge is -1.96. The number of guanidine groups is 2. The minimum absolute atomic E-state index is 0.00626. The van der Waals surface area contributed by atoms with Crippen LogP contribution in [0.5, 0.6) is 0 Å². The average Bonchev–Trinajstić information content (AvgIpc) is 2.58. The summed E-state index contributed by atoms with van der Waals surface area (Å²) in [4.78, 5) is 7.65. The standard InChI is InChI=1S/C9H12N8/c1-17-7-3-2-5(4-6(7)15-16-17)13-9(12)14-8(10)11/h2-4H,1H3,(H6,10,11,12,13,14). The highest BCUT2D eigenvalue weighted by Crippen LogP contribution is 2.18. The van der Waals surface area contributed by atoms with Gasteiger partial charge < -0.3 is 17.2 Å². The van der Waals surface area contributed by atoms with Gasteiger partial charge in [-0.3, -0.25) is 0 Å². The van der Waals surface area contributed by atoms with Crippen LogP contribution in [0.2, 0.25) is 0 Å². The first-order valence-electron chi connectivity index (χ1n) is 4.79. The van der Waals surface area contributed by atoms with E-state index in [4.69, 9.17) is 17.2 Å². The fraction of sp³-hybridized carbons (Fsp3) is 0.111. The Labute approximate surface area is 96.8 Å². The molecule has 17 heavy (non-hydrogen) atoms. The Balaban J connectivity index is 2.40. The van der Waals surface area contributed by atoms with Crippen molar-refractivity contribution >= 4 is 28.6 Å². The molecule has 0 radical (unpaired) electrons. The maximum absolute atomic E-state index is 5.52.